The normalized spacial score (nSPS) is 22.0. The highest BCUT2D eigenvalue weighted by molar-refractivity contribution is 7.91. The van der Waals surface area contributed by atoms with Crippen LogP contribution in [0.5, 0.6) is 0 Å². The van der Waals surface area contributed by atoms with Crippen LogP contribution in [0.15, 0.2) is 23.1 Å². The van der Waals surface area contributed by atoms with Crippen molar-refractivity contribution in [2.24, 2.45) is 5.92 Å². The van der Waals surface area contributed by atoms with E-state index in [4.69, 9.17) is 4.74 Å². The average Bonchev–Trinajstić information content (AvgIpc) is 3.10. The van der Waals surface area contributed by atoms with Crippen LogP contribution in [0.2, 0.25) is 0 Å². The van der Waals surface area contributed by atoms with Gasteiger partial charge in [-0.1, -0.05) is 0 Å². The predicted octanol–water partition coefficient (Wildman–Crippen LogP) is 0.927. The lowest BCUT2D eigenvalue weighted by molar-refractivity contribution is -0.119. The fourth-order valence-electron chi connectivity index (χ4n) is 3.79. The maximum absolute atomic E-state index is 13.1. The molecule has 9 nitrogen and oxygen atoms in total. The number of hydrogen-bond donors (Lipinski definition) is 1. The third-order valence-corrected chi connectivity index (χ3v) is 9.20. The Balaban J connectivity index is 1.93. The van der Waals surface area contributed by atoms with E-state index in [1.807, 2.05) is 18.7 Å². The van der Waals surface area contributed by atoms with Crippen LogP contribution >= 0.6 is 0 Å². The molecule has 2 fully saturated rings. The van der Waals surface area contributed by atoms with Crippen molar-refractivity contribution in [1.82, 2.24) is 4.31 Å². The fraction of sp³-hybridized carbons (Fsp3) is 0.632. The number of nitrogens with one attached hydrogen (secondary N) is 1. The number of amides is 1. The lowest BCUT2D eigenvalue weighted by atomic mass is 10.1. The molecule has 1 aromatic rings. The quantitative estimate of drug-likeness (QED) is 0.645. The maximum atomic E-state index is 13.1. The van der Waals surface area contributed by atoms with E-state index in [2.05, 4.69) is 5.32 Å². The molecule has 2 heterocycles. The van der Waals surface area contributed by atoms with Gasteiger partial charge in [0.2, 0.25) is 15.9 Å². The molecular formula is C19H29N3O6S2. The monoisotopic (exact) mass is 459 g/mol. The molecule has 2 aliphatic rings. The average molecular weight is 460 g/mol. The third kappa shape index (κ3) is 4.96. The molecule has 1 N–H and O–H groups in total. The summed E-state index contributed by atoms with van der Waals surface area (Å²) in [5, 5.41) is 2.80. The molecular weight excluding hydrogens is 430 g/mol. The van der Waals surface area contributed by atoms with Crippen molar-refractivity contribution in [3.05, 3.63) is 18.2 Å². The first-order chi connectivity index (χ1) is 14.2. The van der Waals surface area contributed by atoms with E-state index in [1.165, 1.54) is 10.4 Å². The van der Waals surface area contributed by atoms with E-state index < -0.39 is 31.7 Å². The van der Waals surface area contributed by atoms with Crippen LogP contribution < -0.4 is 10.2 Å². The SMILES string of the molecule is CCN(CC)c1ccc(S(=O)(=O)N2CCOCC2)cc1NC(=O)C1CCS(=O)(=O)C1. The van der Waals surface area contributed by atoms with Gasteiger partial charge < -0.3 is 15.0 Å². The van der Waals surface area contributed by atoms with Crippen LogP contribution in [0.3, 0.4) is 0 Å². The predicted molar refractivity (Wildman–Crippen MR) is 115 cm³/mol. The van der Waals surface area contributed by atoms with Crippen molar-refractivity contribution in [2.45, 2.75) is 25.2 Å². The van der Waals surface area contributed by atoms with Crippen molar-refractivity contribution >= 4 is 37.1 Å². The number of nitrogens with zero attached hydrogens (tertiary/aromatic N) is 2. The summed E-state index contributed by atoms with van der Waals surface area (Å²) in [7, 11) is -6.93. The zero-order chi connectivity index (χ0) is 21.9. The zero-order valence-corrected chi connectivity index (χ0v) is 19.0. The van der Waals surface area contributed by atoms with Gasteiger partial charge in [-0.3, -0.25) is 4.79 Å². The summed E-state index contributed by atoms with van der Waals surface area (Å²) in [5.74, 6) is -1.20. The van der Waals surface area contributed by atoms with E-state index in [-0.39, 0.29) is 35.9 Å². The summed E-state index contributed by atoms with van der Waals surface area (Å²) in [5.41, 5.74) is 1.08. The molecule has 0 bridgehead atoms. The molecule has 1 amide bonds. The maximum Gasteiger partial charge on any atom is 0.243 e. The molecule has 2 aliphatic heterocycles. The molecule has 0 radical (unpaired) electrons. The Morgan fingerprint density at radius 3 is 2.47 bits per heavy atom. The highest BCUT2D eigenvalue weighted by Gasteiger charge is 2.34. The van der Waals surface area contributed by atoms with Gasteiger partial charge >= 0.3 is 0 Å². The van der Waals surface area contributed by atoms with E-state index in [0.717, 1.165) is 0 Å². The van der Waals surface area contributed by atoms with Crippen molar-refractivity contribution in [2.75, 3.05) is 61.1 Å². The zero-order valence-electron chi connectivity index (χ0n) is 17.3. The summed E-state index contributed by atoms with van der Waals surface area (Å²) in [6.07, 6.45) is 0.278. The highest BCUT2D eigenvalue weighted by atomic mass is 32.2. The highest BCUT2D eigenvalue weighted by Crippen LogP contribution is 2.31. The number of benzene rings is 1. The number of sulfonamides is 1. The molecule has 0 spiro atoms. The Bertz CT molecular complexity index is 984. The van der Waals surface area contributed by atoms with Crippen molar-refractivity contribution < 1.29 is 26.4 Å². The van der Waals surface area contributed by atoms with Crippen LogP contribution in [-0.2, 0) is 29.4 Å². The molecule has 0 aromatic heterocycles. The standard InChI is InChI=1S/C19H29N3O6S2/c1-3-21(4-2)18-6-5-16(30(26,27)22-8-10-28-11-9-22)13-17(18)20-19(23)15-7-12-29(24,25)14-15/h5-6,13,15H,3-4,7-12,14H2,1-2H3,(H,20,23). The molecule has 1 aromatic carbocycles. The van der Waals surface area contributed by atoms with Gasteiger partial charge in [0.05, 0.1) is 46.9 Å². The number of hydrogen-bond acceptors (Lipinski definition) is 7. The minimum absolute atomic E-state index is 0.000557. The van der Waals surface area contributed by atoms with Crippen LogP contribution in [-0.4, -0.2) is 77.9 Å². The van der Waals surface area contributed by atoms with Gasteiger partial charge in [0.25, 0.3) is 0 Å². The van der Waals surface area contributed by atoms with Crippen LogP contribution in [0.1, 0.15) is 20.3 Å². The van der Waals surface area contributed by atoms with E-state index in [0.29, 0.717) is 37.7 Å². The van der Waals surface area contributed by atoms with Gasteiger partial charge in [-0.25, -0.2) is 16.8 Å². The number of sulfone groups is 1. The van der Waals surface area contributed by atoms with Crippen molar-refractivity contribution in [3.63, 3.8) is 0 Å². The van der Waals surface area contributed by atoms with Gasteiger partial charge in [0.1, 0.15) is 0 Å². The smallest absolute Gasteiger partial charge is 0.243 e. The van der Waals surface area contributed by atoms with Gasteiger partial charge in [0.15, 0.2) is 9.84 Å². The number of carbonyl (C=O) groups excluding carboxylic acids is 1. The summed E-state index contributed by atoms with van der Waals surface area (Å²) >= 11 is 0. The second-order valence-electron chi connectivity index (χ2n) is 7.46. The second kappa shape index (κ2) is 9.21. The number of anilines is 2. The molecule has 11 heteroatoms. The Morgan fingerprint density at radius 1 is 1.23 bits per heavy atom. The Morgan fingerprint density at radius 2 is 1.90 bits per heavy atom. The van der Waals surface area contributed by atoms with E-state index >= 15 is 0 Å². The Hall–Kier alpha value is -1.69. The third-order valence-electron chi connectivity index (χ3n) is 5.54. The topological polar surface area (TPSA) is 113 Å². The molecule has 1 unspecified atom stereocenters. The Kier molecular flexibility index (Phi) is 7.05. The number of ether oxygens (including phenoxy) is 1. The molecule has 3 rings (SSSR count). The largest absolute Gasteiger partial charge is 0.379 e. The first-order valence-corrected chi connectivity index (χ1v) is 13.4. The molecule has 1 atom stereocenters. The molecule has 0 aliphatic carbocycles. The van der Waals surface area contributed by atoms with Gasteiger partial charge in [-0.05, 0) is 38.5 Å². The first-order valence-electron chi connectivity index (χ1n) is 10.2. The number of rotatable bonds is 7. The lowest BCUT2D eigenvalue weighted by Gasteiger charge is -2.28. The summed E-state index contributed by atoms with van der Waals surface area (Å²) in [4.78, 5) is 14.8. The Labute approximate surface area is 178 Å². The van der Waals surface area contributed by atoms with Crippen LogP contribution in [0.4, 0.5) is 11.4 Å². The van der Waals surface area contributed by atoms with Crippen LogP contribution in [0, 0.1) is 5.92 Å². The van der Waals surface area contributed by atoms with Gasteiger partial charge in [0, 0.05) is 26.2 Å². The lowest BCUT2D eigenvalue weighted by Crippen LogP contribution is -2.40. The number of carbonyl (C=O) groups is 1. The minimum Gasteiger partial charge on any atom is -0.379 e. The van der Waals surface area contributed by atoms with E-state index in [1.54, 1.807) is 12.1 Å². The molecule has 0 saturated carbocycles. The van der Waals surface area contributed by atoms with Gasteiger partial charge in [-0.2, -0.15) is 4.31 Å². The molecule has 30 heavy (non-hydrogen) atoms. The minimum atomic E-state index is -3.73. The molecule has 168 valence electrons. The first kappa shape index (κ1) is 23.0. The fourth-order valence-corrected chi connectivity index (χ4v) is 6.96. The summed E-state index contributed by atoms with van der Waals surface area (Å²) < 4.78 is 56.2. The van der Waals surface area contributed by atoms with Crippen molar-refractivity contribution in [1.29, 1.82) is 0 Å². The second-order valence-corrected chi connectivity index (χ2v) is 11.6. The number of morpholine rings is 1. The van der Waals surface area contributed by atoms with Crippen molar-refractivity contribution in [3.8, 4) is 0 Å². The van der Waals surface area contributed by atoms with Crippen LogP contribution in [0.25, 0.3) is 0 Å². The van der Waals surface area contributed by atoms with E-state index in [9.17, 15) is 21.6 Å². The van der Waals surface area contributed by atoms with Gasteiger partial charge in [-0.15, -0.1) is 0 Å². The summed E-state index contributed by atoms with van der Waals surface area (Å²) in [6, 6.07) is 4.72. The molecule has 2 saturated heterocycles. The summed E-state index contributed by atoms with van der Waals surface area (Å²) in [6.45, 7) is 6.53.